The molecule has 118 valence electrons. The molecule has 0 aliphatic heterocycles. The van der Waals surface area contributed by atoms with Crippen LogP contribution in [0.3, 0.4) is 0 Å². The van der Waals surface area contributed by atoms with Gasteiger partial charge in [0.1, 0.15) is 4.90 Å². The van der Waals surface area contributed by atoms with Gasteiger partial charge in [0.15, 0.2) is 5.69 Å². The SMILES string of the molecule is CNC(=O)C(C)(C)CNS(=O)(=O)c1c(C(=O)O)n[nH]c1C. The number of hydrogen-bond acceptors (Lipinski definition) is 5. The summed E-state index contributed by atoms with van der Waals surface area (Å²) in [5.74, 6) is -1.79. The molecule has 4 N–H and O–H groups in total. The van der Waals surface area contributed by atoms with Crippen LogP contribution in [0.5, 0.6) is 0 Å². The van der Waals surface area contributed by atoms with Gasteiger partial charge in [-0.2, -0.15) is 5.10 Å². The summed E-state index contributed by atoms with van der Waals surface area (Å²) in [6, 6.07) is 0. The van der Waals surface area contributed by atoms with E-state index in [1.54, 1.807) is 13.8 Å². The molecule has 1 rings (SSSR count). The number of nitrogens with one attached hydrogen (secondary N) is 3. The normalized spacial score (nSPS) is 12.2. The summed E-state index contributed by atoms with van der Waals surface area (Å²) in [6.45, 7) is 4.35. The van der Waals surface area contributed by atoms with Crippen LogP contribution in [0.1, 0.15) is 30.0 Å². The van der Waals surface area contributed by atoms with Crippen LogP contribution >= 0.6 is 0 Å². The topological polar surface area (TPSA) is 141 Å². The number of carboxylic acid groups (broad SMARTS) is 1. The van der Waals surface area contributed by atoms with Crippen LogP contribution in [0, 0.1) is 12.3 Å². The first-order chi connectivity index (χ1) is 9.53. The third-order valence-corrected chi connectivity index (χ3v) is 4.47. The van der Waals surface area contributed by atoms with Crippen molar-refractivity contribution >= 4 is 21.9 Å². The molecule has 0 aliphatic rings. The Kier molecular flexibility index (Phi) is 4.74. The molecule has 10 heteroatoms. The Hall–Kier alpha value is -1.94. The van der Waals surface area contributed by atoms with Crippen LogP contribution in [0.25, 0.3) is 0 Å². The summed E-state index contributed by atoms with van der Waals surface area (Å²) in [6.07, 6.45) is 0. The third-order valence-electron chi connectivity index (χ3n) is 2.91. The van der Waals surface area contributed by atoms with E-state index in [9.17, 15) is 18.0 Å². The molecule has 1 amide bonds. The van der Waals surface area contributed by atoms with Gasteiger partial charge in [0.05, 0.1) is 11.1 Å². The number of H-pyrrole nitrogens is 1. The Labute approximate surface area is 122 Å². The van der Waals surface area contributed by atoms with Crippen LogP contribution < -0.4 is 10.0 Å². The van der Waals surface area contributed by atoms with Crippen molar-refractivity contribution in [2.45, 2.75) is 25.7 Å². The van der Waals surface area contributed by atoms with Gasteiger partial charge >= 0.3 is 5.97 Å². The van der Waals surface area contributed by atoms with Crippen molar-refractivity contribution in [3.63, 3.8) is 0 Å². The zero-order valence-electron chi connectivity index (χ0n) is 12.1. The monoisotopic (exact) mass is 318 g/mol. The Balaban J connectivity index is 3.07. The molecule has 0 unspecified atom stereocenters. The van der Waals surface area contributed by atoms with Crippen molar-refractivity contribution < 1.29 is 23.1 Å². The Morgan fingerprint density at radius 3 is 2.43 bits per heavy atom. The number of aromatic amines is 1. The maximum absolute atomic E-state index is 12.2. The van der Waals surface area contributed by atoms with Gasteiger partial charge in [-0.3, -0.25) is 9.89 Å². The number of hydrogen-bond donors (Lipinski definition) is 4. The number of nitrogens with zero attached hydrogens (tertiary/aromatic N) is 1. The number of aryl methyl sites for hydroxylation is 1. The molecule has 0 atom stereocenters. The molecule has 0 spiro atoms. The van der Waals surface area contributed by atoms with E-state index in [1.807, 2.05) is 0 Å². The lowest BCUT2D eigenvalue weighted by atomic mass is 9.93. The molecule has 0 saturated heterocycles. The zero-order valence-corrected chi connectivity index (χ0v) is 13.0. The van der Waals surface area contributed by atoms with E-state index in [1.165, 1.54) is 14.0 Å². The predicted octanol–water partition coefficient (Wildman–Crippen LogP) is -0.533. The van der Waals surface area contributed by atoms with Crippen molar-refractivity contribution in [2.75, 3.05) is 13.6 Å². The van der Waals surface area contributed by atoms with Crippen LogP contribution in [0.2, 0.25) is 0 Å². The lowest BCUT2D eigenvalue weighted by Gasteiger charge is -2.22. The van der Waals surface area contributed by atoms with Crippen molar-refractivity contribution in [2.24, 2.45) is 5.41 Å². The van der Waals surface area contributed by atoms with Crippen LogP contribution in [-0.2, 0) is 14.8 Å². The summed E-state index contributed by atoms with van der Waals surface area (Å²) in [5.41, 5.74) is -1.46. The summed E-state index contributed by atoms with van der Waals surface area (Å²) >= 11 is 0. The van der Waals surface area contributed by atoms with Crippen molar-refractivity contribution in [3.8, 4) is 0 Å². The first-order valence-electron chi connectivity index (χ1n) is 6.03. The van der Waals surface area contributed by atoms with E-state index < -0.39 is 32.0 Å². The van der Waals surface area contributed by atoms with Crippen LogP contribution in [0.15, 0.2) is 4.90 Å². The smallest absolute Gasteiger partial charge is 0.357 e. The van der Waals surface area contributed by atoms with E-state index in [0.717, 1.165) is 0 Å². The van der Waals surface area contributed by atoms with Crippen molar-refractivity contribution in [1.29, 1.82) is 0 Å². The fraction of sp³-hybridized carbons (Fsp3) is 0.545. The fourth-order valence-electron chi connectivity index (χ4n) is 1.66. The summed E-state index contributed by atoms with van der Waals surface area (Å²) in [4.78, 5) is 22.2. The highest BCUT2D eigenvalue weighted by molar-refractivity contribution is 7.89. The molecule has 0 bridgehead atoms. The Bertz CT molecular complexity index is 662. The minimum absolute atomic E-state index is 0.109. The molecule has 1 heterocycles. The molecule has 0 fully saturated rings. The van der Waals surface area contributed by atoms with Crippen LogP contribution in [-0.4, -0.2) is 49.2 Å². The first kappa shape index (κ1) is 17.1. The summed E-state index contributed by atoms with van der Waals surface area (Å²) in [7, 11) is -2.66. The minimum Gasteiger partial charge on any atom is -0.476 e. The molecular formula is C11H18N4O5S. The van der Waals surface area contributed by atoms with Gasteiger partial charge in [0, 0.05) is 13.6 Å². The van der Waals surface area contributed by atoms with Gasteiger partial charge in [-0.25, -0.2) is 17.9 Å². The molecule has 0 saturated carbocycles. The quantitative estimate of drug-likeness (QED) is 0.555. The third kappa shape index (κ3) is 3.58. The molecule has 0 aromatic carbocycles. The molecule has 0 aliphatic carbocycles. The number of rotatable bonds is 6. The van der Waals surface area contributed by atoms with Crippen molar-refractivity contribution in [1.82, 2.24) is 20.2 Å². The second-order valence-electron chi connectivity index (χ2n) is 5.12. The number of carbonyl (C=O) groups is 2. The number of sulfonamides is 1. The van der Waals surface area contributed by atoms with E-state index in [0.29, 0.717) is 0 Å². The van der Waals surface area contributed by atoms with Gasteiger partial charge < -0.3 is 10.4 Å². The summed E-state index contributed by atoms with van der Waals surface area (Å²) < 4.78 is 26.7. The second-order valence-corrected chi connectivity index (χ2v) is 6.82. The number of aromatic nitrogens is 2. The molecular weight excluding hydrogens is 300 g/mol. The minimum atomic E-state index is -4.10. The Morgan fingerprint density at radius 1 is 1.38 bits per heavy atom. The van der Waals surface area contributed by atoms with E-state index in [4.69, 9.17) is 5.11 Å². The van der Waals surface area contributed by atoms with E-state index >= 15 is 0 Å². The summed E-state index contributed by atoms with van der Waals surface area (Å²) in [5, 5.41) is 17.2. The molecule has 0 radical (unpaired) electrons. The highest BCUT2D eigenvalue weighted by atomic mass is 32.2. The van der Waals surface area contributed by atoms with Gasteiger partial charge in [-0.05, 0) is 20.8 Å². The van der Waals surface area contributed by atoms with Gasteiger partial charge in [0.2, 0.25) is 15.9 Å². The highest BCUT2D eigenvalue weighted by Gasteiger charge is 2.32. The number of carboxylic acids is 1. The maximum atomic E-state index is 12.2. The van der Waals surface area contributed by atoms with E-state index in [-0.39, 0.29) is 18.1 Å². The van der Waals surface area contributed by atoms with Crippen LogP contribution in [0.4, 0.5) is 0 Å². The van der Waals surface area contributed by atoms with Gasteiger partial charge in [-0.1, -0.05) is 0 Å². The predicted molar refractivity (Wildman–Crippen MR) is 73.3 cm³/mol. The van der Waals surface area contributed by atoms with Crippen molar-refractivity contribution in [3.05, 3.63) is 11.4 Å². The molecule has 1 aromatic heterocycles. The lowest BCUT2D eigenvalue weighted by molar-refractivity contribution is -0.128. The Morgan fingerprint density at radius 2 is 1.95 bits per heavy atom. The number of carbonyl (C=O) groups excluding carboxylic acids is 1. The number of amides is 1. The zero-order chi connectivity index (χ0) is 16.4. The average Bonchev–Trinajstić information content (AvgIpc) is 2.78. The molecule has 21 heavy (non-hydrogen) atoms. The maximum Gasteiger partial charge on any atom is 0.357 e. The fourth-order valence-corrected chi connectivity index (χ4v) is 3.19. The average molecular weight is 318 g/mol. The van der Waals surface area contributed by atoms with Gasteiger partial charge in [0.25, 0.3) is 0 Å². The second kappa shape index (κ2) is 5.82. The molecule has 9 nitrogen and oxygen atoms in total. The highest BCUT2D eigenvalue weighted by Crippen LogP contribution is 2.20. The molecule has 1 aromatic rings. The van der Waals surface area contributed by atoms with E-state index in [2.05, 4.69) is 20.2 Å². The standard InChI is InChI=1S/C11H18N4O5S/c1-6-8(7(9(16)17)15-14-6)21(19,20)13-5-11(2,3)10(18)12-4/h13H,5H2,1-4H3,(H,12,18)(H,14,15)(H,16,17). The van der Waals surface area contributed by atoms with Gasteiger partial charge in [-0.15, -0.1) is 0 Å². The largest absolute Gasteiger partial charge is 0.476 e. The lowest BCUT2D eigenvalue weighted by Crippen LogP contribution is -2.43. The number of aromatic carboxylic acids is 1. The first-order valence-corrected chi connectivity index (χ1v) is 7.51.